The molecular weight excluding hydrogens is 300 g/mol. The zero-order chi connectivity index (χ0) is 17.7. The minimum Gasteiger partial charge on any atom is -0.429 e. The predicted molar refractivity (Wildman–Crippen MR) is 83.9 cm³/mol. The van der Waals surface area contributed by atoms with E-state index < -0.39 is 12.1 Å². The molecule has 6 heteroatoms. The van der Waals surface area contributed by atoms with Crippen LogP contribution in [0.15, 0.2) is 0 Å². The first-order chi connectivity index (χ1) is 10.7. The van der Waals surface area contributed by atoms with Gasteiger partial charge in [-0.25, -0.2) is 14.5 Å². The molecule has 1 unspecified atom stereocenters. The van der Waals surface area contributed by atoms with Crippen LogP contribution < -0.4 is 0 Å². The second kappa shape index (κ2) is 7.97. The minimum absolute atomic E-state index is 0.311. The van der Waals surface area contributed by atoms with Crippen molar-refractivity contribution in [2.24, 2.45) is 0 Å². The molecule has 0 aliphatic carbocycles. The summed E-state index contributed by atoms with van der Waals surface area (Å²) in [6.45, 7) is 13.1. The highest BCUT2D eigenvalue weighted by atomic mass is 17.5. The zero-order valence-corrected chi connectivity index (χ0v) is 14.7. The van der Waals surface area contributed by atoms with Gasteiger partial charge >= 0.3 is 12.1 Å². The van der Waals surface area contributed by atoms with Crippen LogP contribution in [-0.4, -0.2) is 18.2 Å². The Bertz CT molecular complexity index is 577. The van der Waals surface area contributed by atoms with E-state index in [9.17, 15) is 9.59 Å². The van der Waals surface area contributed by atoms with Crippen LogP contribution in [0.25, 0.3) is 0 Å². The maximum absolute atomic E-state index is 12.2. The first-order valence-electron chi connectivity index (χ1n) is 7.53. The van der Waals surface area contributed by atoms with Gasteiger partial charge in [0.15, 0.2) is 0 Å². The summed E-state index contributed by atoms with van der Waals surface area (Å²) in [7, 11) is 0. The van der Waals surface area contributed by atoms with E-state index in [1.54, 1.807) is 6.92 Å². The van der Waals surface area contributed by atoms with Crippen molar-refractivity contribution < 1.29 is 29.1 Å². The normalized spacial score (nSPS) is 11.8. The van der Waals surface area contributed by atoms with Crippen molar-refractivity contribution in [2.45, 2.75) is 61.0 Å². The monoisotopic (exact) mass is 324 g/mol. The number of carbonyl (C=O) groups excluding carboxylic acids is 2. The summed E-state index contributed by atoms with van der Waals surface area (Å²) in [6, 6.07) is 0. The van der Waals surface area contributed by atoms with E-state index in [0.29, 0.717) is 12.0 Å². The lowest BCUT2D eigenvalue weighted by atomic mass is 9.90. The van der Waals surface area contributed by atoms with Gasteiger partial charge in [0, 0.05) is 0 Å². The largest absolute Gasteiger partial charge is 0.543 e. The molecule has 23 heavy (non-hydrogen) atoms. The van der Waals surface area contributed by atoms with Crippen LogP contribution in [0.1, 0.15) is 58.4 Å². The molecule has 0 aromatic heterocycles. The Morgan fingerprint density at radius 2 is 1.35 bits per heavy atom. The van der Waals surface area contributed by atoms with E-state index in [0.717, 1.165) is 27.8 Å². The fraction of sp³-hybridized carbons (Fsp3) is 0.529. The standard InChI is InChI=1S/C17H24O6/c1-8-9(2)20-17(19)22-23-21-16(18)15-13(6)11(4)10(3)12(5)14(15)7/h9H,8H2,1-7H3. The molecule has 0 N–H and O–H groups in total. The molecule has 0 aliphatic rings. The van der Waals surface area contributed by atoms with Crippen molar-refractivity contribution in [3.63, 3.8) is 0 Å². The SMILES string of the molecule is CCC(C)OC(=O)OOOC(=O)c1c(C)c(C)c(C)c(C)c1C. The summed E-state index contributed by atoms with van der Waals surface area (Å²) in [5.41, 5.74) is 5.17. The average molecular weight is 324 g/mol. The predicted octanol–water partition coefficient (Wildman–Crippen LogP) is 4.18. The Morgan fingerprint density at radius 1 is 0.870 bits per heavy atom. The van der Waals surface area contributed by atoms with Crippen molar-refractivity contribution in [1.82, 2.24) is 0 Å². The fourth-order valence-corrected chi connectivity index (χ4v) is 2.19. The molecule has 1 rings (SSSR count). The summed E-state index contributed by atoms with van der Waals surface area (Å²) >= 11 is 0. The van der Waals surface area contributed by atoms with Gasteiger partial charge in [0.1, 0.15) is 6.10 Å². The van der Waals surface area contributed by atoms with Crippen LogP contribution in [-0.2, 0) is 19.6 Å². The van der Waals surface area contributed by atoms with Gasteiger partial charge in [-0.05, 0) is 75.8 Å². The Labute approximate surface area is 136 Å². The van der Waals surface area contributed by atoms with Gasteiger partial charge < -0.3 is 4.74 Å². The molecule has 0 bridgehead atoms. The smallest absolute Gasteiger partial charge is 0.429 e. The molecule has 0 fully saturated rings. The van der Waals surface area contributed by atoms with Gasteiger partial charge in [0.25, 0.3) is 0 Å². The van der Waals surface area contributed by atoms with Crippen LogP contribution >= 0.6 is 0 Å². The minimum atomic E-state index is -1.06. The van der Waals surface area contributed by atoms with E-state index in [2.05, 4.69) is 14.8 Å². The number of hydrogen-bond donors (Lipinski definition) is 0. The summed E-state index contributed by atoms with van der Waals surface area (Å²) in [6.07, 6.45) is -0.736. The molecular formula is C17H24O6. The van der Waals surface area contributed by atoms with Crippen LogP contribution in [0.5, 0.6) is 0 Å². The molecule has 0 saturated heterocycles. The Morgan fingerprint density at radius 3 is 1.83 bits per heavy atom. The third-order valence-corrected chi connectivity index (χ3v) is 4.29. The third kappa shape index (κ3) is 4.45. The van der Waals surface area contributed by atoms with Gasteiger partial charge in [-0.3, -0.25) is 4.89 Å². The maximum Gasteiger partial charge on any atom is 0.543 e. The van der Waals surface area contributed by atoms with Crippen molar-refractivity contribution in [2.75, 3.05) is 0 Å². The maximum atomic E-state index is 12.2. The van der Waals surface area contributed by atoms with Crippen molar-refractivity contribution >= 4 is 12.1 Å². The lowest BCUT2D eigenvalue weighted by molar-refractivity contribution is -0.452. The Hall–Kier alpha value is -2.08. The number of ether oxygens (including phenoxy) is 1. The van der Waals surface area contributed by atoms with E-state index in [1.165, 1.54) is 0 Å². The van der Waals surface area contributed by atoms with Crippen LogP contribution in [0.2, 0.25) is 0 Å². The molecule has 0 spiro atoms. The van der Waals surface area contributed by atoms with Crippen molar-refractivity contribution in [3.05, 3.63) is 33.4 Å². The number of hydrogen-bond acceptors (Lipinski definition) is 6. The second-order valence-electron chi connectivity index (χ2n) is 5.61. The summed E-state index contributed by atoms with van der Waals surface area (Å²) in [4.78, 5) is 32.3. The third-order valence-electron chi connectivity index (χ3n) is 4.29. The highest BCUT2D eigenvalue weighted by molar-refractivity contribution is 5.93. The van der Waals surface area contributed by atoms with Crippen molar-refractivity contribution in [3.8, 4) is 0 Å². The number of benzene rings is 1. The number of carbonyl (C=O) groups is 2. The molecule has 1 aromatic carbocycles. The molecule has 0 saturated carbocycles. The Kier molecular flexibility index (Phi) is 6.57. The topological polar surface area (TPSA) is 71.1 Å². The molecule has 0 radical (unpaired) electrons. The van der Waals surface area contributed by atoms with Gasteiger partial charge in [0.2, 0.25) is 0 Å². The summed E-state index contributed by atoms with van der Waals surface area (Å²) in [5.74, 6) is -0.720. The number of rotatable bonds is 5. The highest BCUT2D eigenvalue weighted by Crippen LogP contribution is 2.26. The first-order valence-corrected chi connectivity index (χ1v) is 7.53. The Balaban J connectivity index is 2.75. The molecule has 1 aromatic rings. The fourth-order valence-electron chi connectivity index (χ4n) is 2.19. The molecule has 128 valence electrons. The van der Waals surface area contributed by atoms with E-state index in [-0.39, 0.29) is 6.10 Å². The van der Waals surface area contributed by atoms with E-state index in [4.69, 9.17) is 4.74 Å². The van der Waals surface area contributed by atoms with E-state index in [1.807, 2.05) is 41.5 Å². The first kappa shape index (κ1) is 19.0. The summed E-state index contributed by atoms with van der Waals surface area (Å²) in [5, 5.41) is 4.25. The zero-order valence-electron chi connectivity index (χ0n) is 14.7. The molecule has 0 aliphatic heterocycles. The van der Waals surface area contributed by atoms with Crippen LogP contribution in [0, 0.1) is 34.6 Å². The quantitative estimate of drug-likeness (QED) is 0.459. The van der Waals surface area contributed by atoms with Gasteiger partial charge in [0.05, 0.1) is 10.6 Å². The van der Waals surface area contributed by atoms with Crippen molar-refractivity contribution in [1.29, 1.82) is 0 Å². The lowest BCUT2D eigenvalue weighted by Gasteiger charge is -2.16. The molecule has 6 nitrogen and oxygen atoms in total. The van der Waals surface area contributed by atoms with Gasteiger partial charge in [-0.2, -0.15) is 0 Å². The van der Waals surface area contributed by atoms with Gasteiger partial charge in [-0.1, -0.05) is 6.92 Å². The molecule has 1 atom stereocenters. The second-order valence-corrected chi connectivity index (χ2v) is 5.61. The average Bonchev–Trinajstić information content (AvgIpc) is 2.51. The van der Waals surface area contributed by atoms with E-state index >= 15 is 0 Å². The highest BCUT2D eigenvalue weighted by Gasteiger charge is 2.21. The van der Waals surface area contributed by atoms with Crippen LogP contribution in [0.4, 0.5) is 4.79 Å². The summed E-state index contributed by atoms with van der Waals surface area (Å²) < 4.78 is 4.81. The van der Waals surface area contributed by atoms with Gasteiger partial charge in [-0.15, -0.1) is 0 Å². The lowest BCUT2D eigenvalue weighted by Crippen LogP contribution is -2.18. The molecule has 0 amide bonds. The van der Waals surface area contributed by atoms with Crippen LogP contribution in [0.3, 0.4) is 0 Å². The molecule has 0 heterocycles.